The second-order valence-corrected chi connectivity index (χ2v) is 7.38. The first-order valence-electron chi connectivity index (χ1n) is 6.16. The van der Waals surface area contributed by atoms with Gasteiger partial charge in [-0.3, -0.25) is 0 Å². The zero-order chi connectivity index (χ0) is 15.9. The van der Waals surface area contributed by atoms with Crippen molar-refractivity contribution < 1.29 is 13.2 Å². The van der Waals surface area contributed by atoms with E-state index in [2.05, 4.69) is 37.9 Å². The van der Waals surface area contributed by atoms with Gasteiger partial charge >= 0.3 is 6.03 Å². The van der Waals surface area contributed by atoms with Gasteiger partial charge in [0.1, 0.15) is 0 Å². The molecular weight excluding hydrogens is 358 g/mol. The van der Waals surface area contributed by atoms with Crippen LogP contribution in [0.25, 0.3) is 0 Å². The minimum absolute atomic E-state index is 0.0644. The summed E-state index contributed by atoms with van der Waals surface area (Å²) < 4.78 is 25.8. The van der Waals surface area contributed by atoms with Crippen molar-refractivity contribution in [2.45, 2.75) is 12.3 Å². The number of carbonyl (C=O) groups excluding carboxylic acids is 1. The minimum atomic E-state index is -3.27. The minimum Gasteiger partial charge on any atom is -0.334 e. The molecule has 21 heavy (non-hydrogen) atoms. The summed E-state index contributed by atoms with van der Waals surface area (Å²) in [6, 6.07) is 6.72. The third-order valence-corrected chi connectivity index (χ3v) is 4.20. The van der Waals surface area contributed by atoms with Crippen molar-refractivity contribution in [3.63, 3.8) is 0 Å². The molecule has 0 aliphatic carbocycles. The highest BCUT2D eigenvalue weighted by atomic mass is 79.9. The number of benzene rings is 1. The van der Waals surface area contributed by atoms with Gasteiger partial charge in [0, 0.05) is 11.0 Å². The summed E-state index contributed by atoms with van der Waals surface area (Å²) in [4.78, 5) is 11.4. The fourth-order valence-electron chi connectivity index (χ4n) is 1.47. The smallest absolute Gasteiger partial charge is 0.315 e. The molecule has 0 spiro atoms. The van der Waals surface area contributed by atoms with E-state index >= 15 is 0 Å². The van der Waals surface area contributed by atoms with E-state index in [-0.39, 0.29) is 11.8 Å². The highest BCUT2D eigenvalue weighted by molar-refractivity contribution is 9.11. The normalized spacial score (nSPS) is 11.0. The Morgan fingerprint density at radius 1 is 1.19 bits per heavy atom. The monoisotopic (exact) mass is 375 g/mol. The Morgan fingerprint density at radius 2 is 1.76 bits per heavy atom. The SMILES string of the molecule is C=C(Br)CNC(=O)NCc1ccc(CS(=O)(=O)NC)cc1. The number of carbonyl (C=O) groups is 1. The first-order chi connectivity index (χ1) is 9.82. The summed E-state index contributed by atoms with van der Waals surface area (Å²) in [6.07, 6.45) is 0. The lowest BCUT2D eigenvalue weighted by Gasteiger charge is -2.08. The van der Waals surface area contributed by atoms with Gasteiger partial charge in [0.2, 0.25) is 10.0 Å². The number of hydrogen-bond acceptors (Lipinski definition) is 3. The zero-order valence-electron chi connectivity index (χ0n) is 11.6. The van der Waals surface area contributed by atoms with Crippen molar-refractivity contribution in [3.05, 3.63) is 46.5 Å². The number of rotatable bonds is 7. The molecule has 6 nitrogen and oxygen atoms in total. The van der Waals surface area contributed by atoms with E-state index in [9.17, 15) is 13.2 Å². The maximum Gasteiger partial charge on any atom is 0.315 e. The van der Waals surface area contributed by atoms with E-state index in [4.69, 9.17) is 0 Å². The first kappa shape index (κ1) is 17.7. The van der Waals surface area contributed by atoms with Gasteiger partial charge in [-0.2, -0.15) is 0 Å². The molecule has 0 aromatic heterocycles. The fraction of sp³-hybridized carbons (Fsp3) is 0.308. The van der Waals surface area contributed by atoms with Crippen LogP contribution in [0.3, 0.4) is 0 Å². The maximum atomic E-state index is 11.4. The number of amides is 2. The molecule has 2 amide bonds. The van der Waals surface area contributed by atoms with Gasteiger partial charge in [0.25, 0.3) is 0 Å². The Bertz CT molecular complexity index is 600. The van der Waals surface area contributed by atoms with Crippen molar-refractivity contribution in [1.29, 1.82) is 0 Å². The standard InChI is InChI=1S/C13H18BrN3O3S/c1-10(14)7-16-13(18)17-8-11-3-5-12(6-4-11)9-21(19,20)15-2/h3-6,15H,1,7-9H2,2H3,(H2,16,17,18). The molecule has 1 rings (SSSR count). The average molecular weight is 376 g/mol. The van der Waals surface area contributed by atoms with Crippen LogP contribution >= 0.6 is 15.9 Å². The zero-order valence-corrected chi connectivity index (χ0v) is 14.1. The summed E-state index contributed by atoms with van der Waals surface area (Å²) >= 11 is 3.15. The van der Waals surface area contributed by atoms with Crippen LogP contribution in [0, 0.1) is 0 Å². The van der Waals surface area contributed by atoms with Gasteiger partial charge < -0.3 is 10.6 Å². The third kappa shape index (κ3) is 7.26. The summed E-state index contributed by atoms with van der Waals surface area (Å²) in [5.41, 5.74) is 1.57. The molecule has 0 unspecified atom stereocenters. The summed E-state index contributed by atoms with van der Waals surface area (Å²) in [7, 11) is -1.89. The maximum absolute atomic E-state index is 11.4. The molecule has 0 saturated carbocycles. The molecule has 0 saturated heterocycles. The average Bonchev–Trinajstić information content (AvgIpc) is 2.44. The van der Waals surface area contributed by atoms with Crippen LogP contribution in [0.5, 0.6) is 0 Å². The van der Waals surface area contributed by atoms with Gasteiger partial charge in [0.15, 0.2) is 0 Å². The predicted molar refractivity (Wildman–Crippen MR) is 86.4 cm³/mol. The van der Waals surface area contributed by atoms with E-state index in [0.717, 1.165) is 5.56 Å². The van der Waals surface area contributed by atoms with E-state index in [1.807, 2.05) is 0 Å². The van der Waals surface area contributed by atoms with E-state index in [1.54, 1.807) is 24.3 Å². The Hall–Kier alpha value is -1.38. The summed E-state index contributed by atoms with van der Waals surface area (Å²) in [5.74, 6) is -0.0644. The van der Waals surface area contributed by atoms with Gasteiger partial charge in [0.05, 0.1) is 12.3 Å². The quantitative estimate of drug-likeness (QED) is 0.673. The number of halogens is 1. The second kappa shape index (κ2) is 8.16. The van der Waals surface area contributed by atoms with Crippen molar-refractivity contribution >= 4 is 32.0 Å². The lowest BCUT2D eigenvalue weighted by atomic mass is 10.1. The van der Waals surface area contributed by atoms with Crippen molar-refractivity contribution in [3.8, 4) is 0 Å². The molecule has 0 aliphatic heterocycles. The van der Waals surface area contributed by atoms with Crippen LogP contribution in [0.15, 0.2) is 35.3 Å². The molecule has 3 N–H and O–H groups in total. The van der Waals surface area contributed by atoms with Crippen molar-refractivity contribution in [2.75, 3.05) is 13.6 Å². The van der Waals surface area contributed by atoms with Crippen LogP contribution in [0.4, 0.5) is 4.79 Å². The van der Waals surface area contributed by atoms with Gasteiger partial charge in [-0.1, -0.05) is 46.8 Å². The van der Waals surface area contributed by atoms with E-state index in [0.29, 0.717) is 23.1 Å². The van der Waals surface area contributed by atoms with Crippen LogP contribution in [0.1, 0.15) is 11.1 Å². The van der Waals surface area contributed by atoms with Crippen LogP contribution < -0.4 is 15.4 Å². The number of hydrogen-bond donors (Lipinski definition) is 3. The second-order valence-electron chi connectivity index (χ2n) is 4.33. The lowest BCUT2D eigenvalue weighted by Crippen LogP contribution is -2.35. The molecule has 0 fully saturated rings. The van der Waals surface area contributed by atoms with E-state index < -0.39 is 10.0 Å². The summed E-state index contributed by atoms with van der Waals surface area (Å²) in [6.45, 7) is 4.33. The van der Waals surface area contributed by atoms with Crippen LogP contribution in [0.2, 0.25) is 0 Å². The Kier molecular flexibility index (Phi) is 6.86. The van der Waals surface area contributed by atoms with Gasteiger partial charge in [-0.25, -0.2) is 17.9 Å². The number of sulfonamides is 1. The molecular formula is C13H18BrN3O3S. The molecule has 0 bridgehead atoms. The first-order valence-corrected chi connectivity index (χ1v) is 8.61. The predicted octanol–water partition coefficient (Wildman–Crippen LogP) is 1.44. The molecule has 0 radical (unpaired) electrons. The van der Waals surface area contributed by atoms with Crippen LogP contribution in [-0.4, -0.2) is 28.0 Å². The largest absolute Gasteiger partial charge is 0.334 e. The van der Waals surface area contributed by atoms with Gasteiger partial charge in [-0.15, -0.1) is 0 Å². The fourth-order valence-corrected chi connectivity index (χ4v) is 2.38. The molecule has 1 aromatic carbocycles. The Balaban J connectivity index is 2.48. The van der Waals surface area contributed by atoms with E-state index in [1.165, 1.54) is 7.05 Å². The van der Waals surface area contributed by atoms with Gasteiger partial charge in [-0.05, 0) is 18.2 Å². The number of nitrogens with one attached hydrogen (secondary N) is 3. The topological polar surface area (TPSA) is 87.3 Å². The number of urea groups is 1. The molecule has 0 heterocycles. The molecule has 0 aliphatic rings. The molecule has 8 heteroatoms. The highest BCUT2D eigenvalue weighted by Crippen LogP contribution is 2.07. The Morgan fingerprint density at radius 3 is 2.29 bits per heavy atom. The van der Waals surface area contributed by atoms with Crippen LogP contribution in [-0.2, 0) is 22.3 Å². The highest BCUT2D eigenvalue weighted by Gasteiger charge is 2.08. The molecule has 0 atom stereocenters. The lowest BCUT2D eigenvalue weighted by molar-refractivity contribution is 0.241. The summed E-state index contributed by atoms with van der Waals surface area (Å²) in [5, 5.41) is 5.31. The molecule has 1 aromatic rings. The third-order valence-electron chi connectivity index (χ3n) is 2.58. The van der Waals surface area contributed by atoms with Crippen molar-refractivity contribution in [2.24, 2.45) is 0 Å². The van der Waals surface area contributed by atoms with Crippen molar-refractivity contribution in [1.82, 2.24) is 15.4 Å². The Labute approximate surface area is 133 Å². The molecule has 116 valence electrons.